The topological polar surface area (TPSA) is 3.24 Å². The summed E-state index contributed by atoms with van der Waals surface area (Å²) in [6.07, 6.45) is 1.24. The van der Waals surface area contributed by atoms with Gasteiger partial charge in [-0.05, 0) is 24.1 Å². The molecular formula is C13H17BrClNS. The van der Waals surface area contributed by atoms with Gasteiger partial charge in [-0.15, -0.1) is 11.6 Å². The van der Waals surface area contributed by atoms with E-state index >= 15 is 0 Å². The van der Waals surface area contributed by atoms with E-state index in [1.165, 1.54) is 23.4 Å². The molecule has 1 atom stereocenters. The zero-order valence-electron chi connectivity index (χ0n) is 9.96. The van der Waals surface area contributed by atoms with E-state index < -0.39 is 0 Å². The van der Waals surface area contributed by atoms with Crippen molar-refractivity contribution in [2.24, 2.45) is 0 Å². The first kappa shape index (κ1) is 13.6. The first-order valence-electron chi connectivity index (χ1n) is 5.95. The highest BCUT2D eigenvalue weighted by molar-refractivity contribution is 9.10. The van der Waals surface area contributed by atoms with E-state index in [9.17, 15) is 0 Å². The number of nitrogens with zero attached hydrogens (tertiary/aromatic N) is 1. The van der Waals surface area contributed by atoms with Gasteiger partial charge in [0.15, 0.2) is 0 Å². The predicted octanol–water partition coefficient (Wildman–Crippen LogP) is 4.52. The highest BCUT2D eigenvalue weighted by Gasteiger charge is 2.20. The number of halogens is 2. The number of hydrogen-bond donors (Lipinski definition) is 0. The Kier molecular flexibility index (Phi) is 5.07. The van der Waals surface area contributed by atoms with Crippen LogP contribution in [0.5, 0.6) is 0 Å². The van der Waals surface area contributed by atoms with Crippen LogP contribution >= 0.6 is 39.3 Å². The molecule has 0 radical (unpaired) electrons. The van der Waals surface area contributed by atoms with E-state index in [1.807, 2.05) is 0 Å². The van der Waals surface area contributed by atoms with E-state index in [4.69, 9.17) is 11.6 Å². The molecule has 94 valence electrons. The van der Waals surface area contributed by atoms with E-state index in [-0.39, 0.29) is 0 Å². The molecule has 1 aliphatic heterocycles. The fraction of sp³-hybridized carbons (Fsp3) is 0.538. The van der Waals surface area contributed by atoms with Gasteiger partial charge in [0.2, 0.25) is 0 Å². The highest BCUT2D eigenvalue weighted by Crippen LogP contribution is 2.31. The second-order valence-corrected chi connectivity index (χ2v) is 6.84. The molecule has 1 unspecified atom stereocenters. The average molecular weight is 335 g/mol. The van der Waals surface area contributed by atoms with Gasteiger partial charge in [-0.3, -0.25) is 0 Å². The summed E-state index contributed by atoms with van der Waals surface area (Å²) in [7, 11) is 0. The molecule has 17 heavy (non-hydrogen) atoms. The standard InChI is InChI=1S/C13H17BrClNS/c1-2-12-9-16(5-6-17-12)13-7-11(14)4-3-10(13)8-15/h3-4,7,12H,2,5-6,8-9H2,1H3. The van der Waals surface area contributed by atoms with Gasteiger partial charge >= 0.3 is 0 Å². The van der Waals surface area contributed by atoms with Crippen LogP contribution in [-0.4, -0.2) is 24.1 Å². The molecule has 2 rings (SSSR count). The van der Waals surface area contributed by atoms with Gasteiger partial charge in [0, 0.05) is 40.1 Å². The Hall–Kier alpha value is 0.140. The Morgan fingerprint density at radius 1 is 1.53 bits per heavy atom. The molecule has 0 bridgehead atoms. The molecule has 1 saturated heterocycles. The van der Waals surface area contributed by atoms with Crippen LogP contribution in [0.25, 0.3) is 0 Å². The van der Waals surface area contributed by atoms with Crippen LogP contribution < -0.4 is 4.90 Å². The van der Waals surface area contributed by atoms with Crippen LogP contribution in [0.2, 0.25) is 0 Å². The SMILES string of the molecule is CCC1CN(c2cc(Br)ccc2CCl)CCS1. The lowest BCUT2D eigenvalue weighted by molar-refractivity contribution is 0.726. The normalized spacial score (nSPS) is 20.6. The van der Waals surface area contributed by atoms with Gasteiger partial charge in [-0.25, -0.2) is 0 Å². The van der Waals surface area contributed by atoms with Gasteiger partial charge in [0.05, 0.1) is 0 Å². The molecule has 0 amide bonds. The lowest BCUT2D eigenvalue weighted by atomic mass is 10.1. The Bertz CT molecular complexity index is 386. The summed E-state index contributed by atoms with van der Waals surface area (Å²) in [5.74, 6) is 1.80. The van der Waals surface area contributed by atoms with Crippen LogP contribution in [-0.2, 0) is 5.88 Å². The molecule has 0 spiro atoms. The van der Waals surface area contributed by atoms with Crippen LogP contribution in [0.4, 0.5) is 5.69 Å². The maximum Gasteiger partial charge on any atom is 0.0494 e. The third-order valence-corrected chi connectivity index (χ3v) is 5.28. The lowest BCUT2D eigenvalue weighted by Crippen LogP contribution is -2.38. The number of alkyl halides is 1. The van der Waals surface area contributed by atoms with Crippen molar-refractivity contribution in [2.45, 2.75) is 24.5 Å². The van der Waals surface area contributed by atoms with Gasteiger partial charge < -0.3 is 4.90 Å². The molecule has 1 aromatic carbocycles. The molecule has 4 heteroatoms. The van der Waals surface area contributed by atoms with Gasteiger partial charge in [-0.1, -0.05) is 28.9 Å². The molecule has 1 heterocycles. The van der Waals surface area contributed by atoms with Crippen molar-refractivity contribution in [1.82, 2.24) is 0 Å². The monoisotopic (exact) mass is 333 g/mol. The number of anilines is 1. The van der Waals surface area contributed by atoms with Gasteiger partial charge in [0.1, 0.15) is 0 Å². The average Bonchev–Trinajstić information content (AvgIpc) is 2.39. The molecule has 0 aliphatic carbocycles. The maximum absolute atomic E-state index is 6.03. The second kappa shape index (κ2) is 6.35. The molecule has 0 saturated carbocycles. The van der Waals surface area contributed by atoms with Crippen molar-refractivity contribution < 1.29 is 0 Å². The van der Waals surface area contributed by atoms with E-state index in [0.29, 0.717) is 5.88 Å². The minimum Gasteiger partial charge on any atom is -0.369 e. The summed E-state index contributed by atoms with van der Waals surface area (Å²) in [5.41, 5.74) is 2.53. The highest BCUT2D eigenvalue weighted by atomic mass is 79.9. The van der Waals surface area contributed by atoms with Gasteiger partial charge in [-0.2, -0.15) is 11.8 Å². The molecule has 1 fully saturated rings. The molecule has 0 aromatic heterocycles. The second-order valence-electron chi connectivity index (χ2n) is 4.25. The van der Waals surface area contributed by atoms with E-state index in [0.717, 1.165) is 22.8 Å². The van der Waals surface area contributed by atoms with Crippen molar-refractivity contribution in [3.63, 3.8) is 0 Å². The molecular weight excluding hydrogens is 318 g/mol. The van der Waals surface area contributed by atoms with Crippen LogP contribution in [0.15, 0.2) is 22.7 Å². The van der Waals surface area contributed by atoms with Crippen molar-refractivity contribution >= 4 is 45.0 Å². The van der Waals surface area contributed by atoms with Crippen molar-refractivity contribution in [3.8, 4) is 0 Å². The lowest BCUT2D eigenvalue weighted by Gasteiger charge is -2.34. The fourth-order valence-electron chi connectivity index (χ4n) is 2.13. The van der Waals surface area contributed by atoms with Crippen LogP contribution in [0.3, 0.4) is 0 Å². The van der Waals surface area contributed by atoms with Crippen molar-refractivity contribution in [1.29, 1.82) is 0 Å². The Morgan fingerprint density at radius 2 is 2.35 bits per heavy atom. The van der Waals surface area contributed by atoms with E-state index in [1.54, 1.807) is 0 Å². The fourth-order valence-corrected chi connectivity index (χ4v) is 3.88. The summed E-state index contributed by atoms with van der Waals surface area (Å²) < 4.78 is 1.13. The number of benzene rings is 1. The quantitative estimate of drug-likeness (QED) is 0.748. The van der Waals surface area contributed by atoms with Gasteiger partial charge in [0.25, 0.3) is 0 Å². The Labute approximate surface area is 121 Å². The molecule has 1 aliphatic rings. The summed E-state index contributed by atoms with van der Waals surface area (Å²) >= 11 is 11.7. The molecule has 1 nitrogen and oxygen atoms in total. The third-order valence-electron chi connectivity index (χ3n) is 3.13. The maximum atomic E-state index is 6.03. The first-order chi connectivity index (χ1) is 8.24. The van der Waals surface area contributed by atoms with Crippen molar-refractivity contribution in [2.75, 3.05) is 23.7 Å². The molecule has 0 N–H and O–H groups in total. The number of hydrogen-bond acceptors (Lipinski definition) is 2. The first-order valence-corrected chi connectivity index (χ1v) is 8.33. The zero-order valence-corrected chi connectivity index (χ0v) is 13.1. The summed E-state index contributed by atoms with van der Waals surface area (Å²) in [5, 5.41) is 0.755. The summed E-state index contributed by atoms with van der Waals surface area (Å²) in [6.45, 7) is 4.54. The van der Waals surface area contributed by atoms with Crippen LogP contribution in [0.1, 0.15) is 18.9 Å². The van der Waals surface area contributed by atoms with E-state index in [2.05, 4.69) is 57.7 Å². The summed E-state index contributed by atoms with van der Waals surface area (Å²) in [6, 6.07) is 6.38. The van der Waals surface area contributed by atoms with Crippen molar-refractivity contribution in [3.05, 3.63) is 28.2 Å². The summed E-state index contributed by atoms with van der Waals surface area (Å²) in [4.78, 5) is 2.48. The van der Waals surface area contributed by atoms with Crippen LogP contribution in [0, 0.1) is 0 Å². The zero-order chi connectivity index (χ0) is 12.3. The minimum atomic E-state index is 0.586. The third kappa shape index (κ3) is 3.33. The minimum absolute atomic E-state index is 0.586. The predicted molar refractivity (Wildman–Crippen MR) is 82.4 cm³/mol. The largest absolute Gasteiger partial charge is 0.369 e. The Balaban J connectivity index is 2.22. The smallest absolute Gasteiger partial charge is 0.0494 e. The number of thioether (sulfide) groups is 1. The molecule has 1 aromatic rings. The Morgan fingerprint density at radius 3 is 3.06 bits per heavy atom. The number of rotatable bonds is 3.